The fourth-order valence-electron chi connectivity index (χ4n) is 2.41. The summed E-state index contributed by atoms with van der Waals surface area (Å²) < 4.78 is 13.6. The molecule has 0 fully saturated rings. The second-order valence-corrected chi connectivity index (χ2v) is 5.27. The van der Waals surface area contributed by atoms with Crippen molar-refractivity contribution in [2.24, 2.45) is 0 Å². The van der Waals surface area contributed by atoms with Gasteiger partial charge in [-0.3, -0.25) is 4.79 Å². The summed E-state index contributed by atoms with van der Waals surface area (Å²) >= 11 is 0. The third-order valence-corrected chi connectivity index (χ3v) is 3.65. The first-order valence-corrected chi connectivity index (χ1v) is 7.89. The van der Waals surface area contributed by atoms with Crippen LogP contribution in [0.5, 0.6) is 0 Å². The summed E-state index contributed by atoms with van der Waals surface area (Å²) in [6, 6.07) is 15.8. The quantitative estimate of drug-likeness (QED) is 0.764. The molecule has 0 atom stereocenters. The minimum absolute atomic E-state index is 0.109. The van der Waals surface area contributed by atoms with Crippen molar-refractivity contribution in [2.75, 3.05) is 16.8 Å². The van der Waals surface area contributed by atoms with Gasteiger partial charge in [0.15, 0.2) is 5.82 Å². The van der Waals surface area contributed by atoms with Gasteiger partial charge in [0.1, 0.15) is 11.5 Å². The van der Waals surface area contributed by atoms with Crippen LogP contribution in [0, 0.1) is 5.82 Å². The maximum atomic E-state index is 13.6. The Morgan fingerprint density at radius 1 is 1.04 bits per heavy atom. The molecule has 0 aliphatic carbocycles. The standard InChI is InChI=1S/C19H17FN4O/c1-2-24(14-8-4-3-5-9-14)18-13-21-17(12-22-18)19(25)23-16-11-7-6-10-15(16)20/h3-13H,2H2,1H3,(H,23,25). The first-order chi connectivity index (χ1) is 12.2. The maximum Gasteiger partial charge on any atom is 0.275 e. The average molecular weight is 336 g/mol. The van der Waals surface area contributed by atoms with Gasteiger partial charge in [-0.1, -0.05) is 30.3 Å². The van der Waals surface area contributed by atoms with E-state index in [0.29, 0.717) is 12.4 Å². The van der Waals surface area contributed by atoms with Crippen molar-refractivity contribution in [3.63, 3.8) is 0 Å². The SMILES string of the molecule is CCN(c1ccccc1)c1cnc(C(=O)Nc2ccccc2F)cn1. The molecule has 1 N–H and O–H groups in total. The first kappa shape index (κ1) is 16.6. The van der Waals surface area contributed by atoms with E-state index in [1.165, 1.54) is 24.5 Å². The molecule has 6 heteroatoms. The molecule has 1 amide bonds. The summed E-state index contributed by atoms with van der Waals surface area (Å²) in [5.41, 5.74) is 1.22. The lowest BCUT2D eigenvalue weighted by molar-refractivity contribution is 0.102. The molecule has 0 saturated carbocycles. The van der Waals surface area contributed by atoms with Crippen LogP contribution < -0.4 is 10.2 Å². The van der Waals surface area contributed by atoms with E-state index < -0.39 is 11.7 Å². The van der Waals surface area contributed by atoms with Crippen molar-refractivity contribution in [3.05, 3.63) is 78.5 Å². The van der Waals surface area contributed by atoms with Crippen molar-refractivity contribution in [1.29, 1.82) is 0 Å². The number of anilines is 3. The number of benzene rings is 2. The molecule has 1 aromatic heterocycles. The maximum absolute atomic E-state index is 13.6. The first-order valence-electron chi connectivity index (χ1n) is 7.89. The van der Waals surface area contributed by atoms with Crippen LogP contribution in [0.15, 0.2) is 67.0 Å². The molecule has 0 unspecified atom stereocenters. The summed E-state index contributed by atoms with van der Waals surface area (Å²) in [6.45, 7) is 2.72. The Bertz CT molecular complexity index is 853. The van der Waals surface area contributed by atoms with Crippen LogP contribution in [-0.4, -0.2) is 22.4 Å². The molecule has 0 aliphatic heterocycles. The van der Waals surface area contributed by atoms with Crippen molar-refractivity contribution in [1.82, 2.24) is 9.97 Å². The number of nitrogens with zero attached hydrogens (tertiary/aromatic N) is 3. The predicted molar refractivity (Wildman–Crippen MR) is 95.5 cm³/mol. The van der Waals surface area contributed by atoms with Crippen molar-refractivity contribution in [2.45, 2.75) is 6.92 Å². The lowest BCUT2D eigenvalue weighted by Crippen LogP contribution is -2.19. The number of hydrogen-bond donors (Lipinski definition) is 1. The largest absolute Gasteiger partial charge is 0.325 e. The Morgan fingerprint density at radius 2 is 1.76 bits per heavy atom. The van der Waals surface area contributed by atoms with Crippen LogP contribution >= 0.6 is 0 Å². The van der Waals surface area contributed by atoms with Gasteiger partial charge < -0.3 is 10.2 Å². The molecule has 3 aromatic rings. The third kappa shape index (κ3) is 3.80. The summed E-state index contributed by atoms with van der Waals surface area (Å²) in [6.07, 6.45) is 2.92. The predicted octanol–water partition coefficient (Wildman–Crippen LogP) is 4.03. The molecule has 0 bridgehead atoms. The zero-order valence-electron chi connectivity index (χ0n) is 13.7. The molecule has 0 radical (unpaired) electrons. The zero-order valence-corrected chi connectivity index (χ0v) is 13.7. The Hall–Kier alpha value is -3.28. The van der Waals surface area contributed by atoms with Gasteiger partial charge in [0.25, 0.3) is 5.91 Å². The number of nitrogens with one attached hydrogen (secondary N) is 1. The van der Waals surface area contributed by atoms with Crippen molar-refractivity contribution >= 4 is 23.1 Å². The topological polar surface area (TPSA) is 58.1 Å². The van der Waals surface area contributed by atoms with Crippen molar-refractivity contribution < 1.29 is 9.18 Å². The van der Waals surface area contributed by atoms with Gasteiger partial charge in [-0.05, 0) is 31.2 Å². The van der Waals surface area contributed by atoms with E-state index in [1.54, 1.807) is 12.1 Å². The summed E-state index contributed by atoms with van der Waals surface area (Å²) in [7, 11) is 0. The van der Waals surface area contributed by atoms with E-state index in [2.05, 4.69) is 15.3 Å². The molecule has 0 spiro atoms. The fourth-order valence-corrected chi connectivity index (χ4v) is 2.41. The molecule has 0 saturated heterocycles. The molecule has 0 aliphatic rings. The monoisotopic (exact) mass is 336 g/mol. The highest BCUT2D eigenvalue weighted by Gasteiger charge is 2.13. The highest BCUT2D eigenvalue weighted by Crippen LogP contribution is 2.22. The average Bonchev–Trinajstić information content (AvgIpc) is 2.66. The van der Waals surface area contributed by atoms with Gasteiger partial charge >= 0.3 is 0 Å². The van der Waals surface area contributed by atoms with Gasteiger partial charge in [0, 0.05) is 12.2 Å². The number of para-hydroxylation sites is 2. The van der Waals surface area contributed by atoms with E-state index >= 15 is 0 Å². The van der Waals surface area contributed by atoms with E-state index in [9.17, 15) is 9.18 Å². The van der Waals surface area contributed by atoms with Gasteiger partial charge in [0.2, 0.25) is 0 Å². The molecule has 5 nitrogen and oxygen atoms in total. The van der Waals surface area contributed by atoms with Crippen LogP contribution in [0.4, 0.5) is 21.6 Å². The second kappa shape index (κ2) is 7.53. The van der Waals surface area contributed by atoms with Gasteiger partial charge in [-0.25, -0.2) is 14.4 Å². The number of halogens is 1. The van der Waals surface area contributed by atoms with E-state index in [1.807, 2.05) is 42.2 Å². The number of carbonyl (C=O) groups excluding carboxylic acids is 1. The van der Waals surface area contributed by atoms with Crippen molar-refractivity contribution in [3.8, 4) is 0 Å². The Morgan fingerprint density at radius 3 is 2.40 bits per heavy atom. The Labute approximate surface area is 145 Å². The normalized spacial score (nSPS) is 10.3. The van der Waals surface area contributed by atoms with E-state index in [4.69, 9.17) is 0 Å². The van der Waals surface area contributed by atoms with E-state index in [-0.39, 0.29) is 11.4 Å². The number of aromatic nitrogens is 2. The summed E-state index contributed by atoms with van der Waals surface area (Å²) in [5, 5.41) is 2.49. The Kier molecular flexibility index (Phi) is 4.99. The molecule has 1 heterocycles. The lowest BCUT2D eigenvalue weighted by atomic mass is 10.3. The molecular weight excluding hydrogens is 319 g/mol. The van der Waals surface area contributed by atoms with E-state index in [0.717, 1.165) is 5.69 Å². The lowest BCUT2D eigenvalue weighted by Gasteiger charge is -2.21. The Balaban J connectivity index is 1.77. The molecular formula is C19H17FN4O. The van der Waals surface area contributed by atoms with Crippen LogP contribution in [0.2, 0.25) is 0 Å². The van der Waals surface area contributed by atoms with Gasteiger partial charge in [-0.2, -0.15) is 0 Å². The molecule has 25 heavy (non-hydrogen) atoms. The molecule has 126 valence electrons. The molecule has 2 aromatic carbocycles. The van der Waals surface area contributed by atoms with Crippen LogP contribution in [0.25, 0.3) is 0 Å². The fraction of sp³-hybridized carbons (Fsp3) is 0.105. The van der Waals surface area contributed by atoms with Crippen LogP contribution in [-0.2, 0) is 0 Å². The third-order valence-electron chi connectivity index (χ3n) is 3.65. The number of carbonyl (C=O) groups is 1. The highest BCUT2D eigenvalue weighted by molar-refractivity contribution is 6.02. The highest BCUT2D eigenvalue weighted by atomic mass is 19.1. The number of amides is 1. The zero-order chi connectivity index (χ0) is 17.6. The number of rotatable bonds is 5. The second-order valence-electron chi connectivity index (χ2n) is 5.27. The minimum atomic E-state index is -0.507. The van der Waals surface area contributed by atoms with Crippen LogP contribution in [0.3, 0.4) is 0 Å². The minimum Gasteiger partial charge on any atom is -0.325 e. The molecule has 3 rings (SSSR count). The summed E-state index contributed by atoms with van der Waals surface area (Å²) in [4.78, 5) is 22.7. The number of hydrogen-bond acceptors (Lipinski definition) is 4. The van der Waals surface area contributed by atoms with Gasteiger partial charge in [0.05, 0.1) is 18.1 Å². The summed E-state index contributed by atoms with van der Waals surface area (Å²) in [5.74, 6) is -0.371. The smallest absolute Gasteiger partial charge is 0.275 e. The van der Waals surface area contributed by atoms with Crippen LogP contribution in [0.1, 0.15) is 17.4 Å². The van der Waals surface area contributed by atoms with Gasteiger partial charge in [-0.15, -0.1) is 0 Å².